The van der Waals surface area contributed by atoms with Crippen LogP contribution in [0, 0.1) is 0 Å². The largest absolute Gasteiger partial charge is 0.394 e. The molecule has 17 heavy (non-hydrogen) atoms. The third-order valence-corrected chi connectivity index (χ3v) is 4.02. The van der Waals surface area contributed by atoms with Crippen molar-refractivity contribution in [3.63, 3.8) is 0 Å². The van der Waals surface area contributed by atoms with E-state index in [4.69, 9.17) is 0 Å². The summed E-state index contributed by atoms with van der Waals surface area (Å²) < 4.78 is 36.7. The van der Waals surface area contributed by atoms with Gasteiger partial charge >= 0.3 is 6.18 Å². The average Bonchev–Trinajstić information content (AvgIpc) is 2.69. The normalized spacial score (nSPS) is 34.4. The number of alkyl halides is 3. The summed E-state index contributed by atoms with van der Waals surface area (Å²) in [5.41, 5.74) is 0.712. The first-order valence-electron chi connectivity index (χ1n) is 5.97. The van der Waals surface area contributed by atoms with E-state index in [0.717, 1.165) is 24.8 Å². The molecular formula is C12H18F3NO. The van der Waals surface area contributed by atoms with E-state index >= 15 is 0 Å². The van der Waals surface area contributed by atoms with Crippen LogP contribution in [0.25, 0.3) is 0 Å². The average molecular weight is 249 g/mol. The summed E-state index contributed by atoms with van der Waals surface area (Å²) in [5.74, 6) is 0. The molecule has 2 rings (SSSR count). The van der Waals surface area contributed by atoms with Crippen molar-refractivity contribution in [3.05, 3.63) is 12.2 Å². The molecule has 98 valence electrons. The molecule has 2 aliphatic heterocycles. The van der Waals surface area contributed by atoms with Crippen LogP contribution < -0.4 is 0 Å². The van der Waals surface area contributed by atoms with Gasteiger partial charge in [0.2, 0.25) is 0 Å². The van der Waals surface area contributed by atoms with Crippen LogP contribution in [0.2, 0.25) is 0 Å². The van der Waals surface area contributed by atoms with Gasteiger partial charge < -0.3 is 5.11 Å². The number of halogens is 3. The highest BCUT2D eigenvalue weighted by molar-refractivity contribution is 5.19. The van der Waals surface area contributed by atoms with Gasteiger partial charge in [-0.25, -0.2) is 0 Å². The molecule has 2 nitrogen and oxygen atoms in total. The lowest BCUT2D eigenvalue weighted by molar-refractivity contribution is -0.138. The van der Waals surface area contributed by atoms with E-state index in [-0.39, 0.29) is 24.6 Å². The van der Waals surface area contributed by atoms with Crippen LogP contribution in [0.1, 0.15) is 32.1 Å². The number of nitrogens with zero attached hydrogens (tertiary/aromatic N) is 1. The maximum absolute atomic E-state index is 12.2. The molecule has 0 aliphatic carbocycles. The number of hydrogen-bond acceptors (Lipinski definition) is 2. The molecule has 0 unspecified atom stereocenters. The van der Waals surface area contributed by atoms with Gasteiger partial charge in [-0.15, -0.1) is 0 Å². The molecule has 0 bridgehead atoms. The Balaban J connectivity index is 2.00. The van der Waals surface area contributed by atoms with Crippen LogP contribution >= 0.6 is 0 Å². The summed E-state index contributed by atoms with van der Waals surface area (Å²) in [5, 5.41) is 9.49. The predicted molar refractivity (Wildman–Crippen MR) is 58.6 cm³/mol. The van der Waals surface area contributed by atoms with Gasteiger partial charge in [-0.2, -0.15) is 13.2 Å². The van der Waals surface area contributed by atoms with E-state index < -0.39 is 12.6 Å². The Morgan fingerprint density at radius 1 is 1.47 bits per heavy atom. The van der Waals surface area contributed by atoms with E-state index in [0.29, 0.717) is 6.54 Å². The van der Waals surface area contributed by atoms with Crippen molar-refractivity contribution in [1.82, 2.24) is 4.90 Å². The first-order valence-corrected chi connectivity index (χ1v) is 5.97. The highest BCUT2D eigenvalue weighted by atomic mass is 19.4. The van der Waals surface area contributed by atoms with Crippen LogP contribution in [-0.2, 0) is 0 Å². The van der Waals surface area contributed by atoms with Gasteiger partial charge in [-0.1, -0.05) is 12.2 Å². The van der Waals surface area contributed by atoms with Crippen molar-refractivity contribution < 1.29 is 18.3 Å². The fourth-order valence-corrected chi connectivity index (χ4v) is 3.23. The lowest BCUT2D eigenvalue weighted by atomic mass is 9.94. The molecule has 2 saturated heterocycles. The Labute approximate surface area is 99.1 Å². The molecule has 0 amide bonds. The van der Waals surface area contributed by atoms with E-state index in [1.54, 1.807) is 0 Å². The zero-order valence-electron chi connectivity index (χ0n) is 9.76. The maximum Gasteiger partial charge on any atom is 0.389 e. The second-order valence-corrected chi connectivity index (χ2v) is 5.28. The van der Waals surface area contributed by atoms with Crippen LogP contribution in [0.5, 0.6) is 0 Å². The molecule has 2 atom stereocenters. The van der Waals surface area contributed by atoms with Crippen molar-refractivity contribution in [2.24, 2.45) is 0 Å². The second kappa shape index (κ2) is 4.28. The molecule has 5 heteroatoms. The van der Waals surface area contributed by atoms with Crippen molar-refractivity contribution in [2.45, 2.75) is 49.9 Å². The Hall–Kier alpha value is -0.550. The fraction of sp³-hybridized carbons (Fsp3) is 0.833. The Morgan fingerprint density at radius 2 is 2.18 bits per heavy atom. The highest BCUT2D eigenvalue weighted by Gasteiger charge is 2.50. The van der Waals surface area contributed by atoms with Gasteiger partial charge in [0.15, 0.2) is 0 Å². The summed E-state index contributed by atoms with van der Waals surface area (Å²) in [4.78, 5) is 2.04. The van der Waals surface area contributed by atoms with E-state index in [1.165, 1.54) is 0 Å². The molecule has 0 spiro atoms. The van der Waals surface area contributed by atoms with E-state index in [2.05, 4.69) is 6.58 Å². The minimum absolute atomic E-state index is 0.0224. The molecule has 2 aliphatic rings. The SMILES string of the molecule is C=C1CN2[C@H](CCC(F)(F)F)CC[C@@]2(CO)C1. The number of fused-ring (bicyclic) bond motifs is 1. The molecule has 0 aromatic rings. The minimum Gasteiger partial charge on any atom is -0.394 e. The van der Waals surface area contributed by atoms with Crippen LogP contribution in [0.3, 0.4) is 0 Å². The maximum atomic E-state index is 12.2. The van der Waals surface area contributed by atoms with Crippen LogP contribution in [0.4, 0.5) is 13.2 Å². The predicted octanol–water partition coefficient (Wildman–Crippen LogP) is 2.48. The van der Waals surface area contributed by atoms with Gasteiger partial charge in [0.05, 0.1) is 6.61 Å². The topological polar surface area (TPSA) is 23.5 Å². The first-order chi connectivity index (χ1) is 7.86. The number of aliphatic hydroxyl groups is 1. The van der Waals surface area contributed by atoms with E-state index in [9.17, 15) is 18.3 Å². The summed E-state index contributed by atoms with van der Waals surface area (Å²) in [6, 6.07) is -0.0528. The van der Waals surface area contributed by atoms with Gasteiger partial charge in [0, 0.05) is 24.5 Å². The molecular weight excluding hydrogens is 231 g/mol. The summed E-state index contributed by atoms with van der Waals surface area (Å²) in [6.45, 7) is 4.56. The van der Waals surface area contributed by atoms with Crippen molar-refractivity contribution >= 4 is 0 Å². The Bertz CT molecular complexity index is 315. The lowest BCUT2D eigenvalue weighted by Gasteiger charge is -2.33. The summed E-state index contributed by atoms with van der Waals surface area (Å²) in [6.07, 6.45) is -2.41. The Morgan fingerprint density at radius 3 is 2.76 bits per heavy atom. The fourth-order valence-electron chi connectivity index (χ4n) is 3.23. The van der Waals surface area contributed by atoms with Crippen LogP contribution in [-0.4, -0.2) is 40.9 Å². The lowest BCUT2D eigenvalue weighted by Crippen LogP contribution is -2.45. The summed E-state index contributed by atoms with van der Waals surface area (Å²) >= 11 is 0. The van der Waals surface area contributed by atoms with Crippen molar-refractivity contribution in [2.75, 3.05) is 13.2 Å². The number of hydrogen-bond donors (Lipinski definition) is 1. The molecule has 2 heterocycles. The highest BCUT2D eigenvalue weighted by Crippen LogP contribution is 2.45. The zero-order chi connectivity index (χ0) is 12.7. The molecule has 0 aromatic heterocycles. The molecule has 0 saturated carbocycles. The molecule has 0 aromatic carbocycles. The third kappa shape index (κ3) is 2.50. The van der Waals surface area contributed by atoms with Gasteiger partial charge in [-0.3, -0.25) is 4.90 Å². The monoisotopic (exact) mass is 249 g/mol. The molecule has 1 N–H and O–H groups in total. The minimum atomic E-state index is -4.08. The molecule has 2 fully saturated rings. The smallest absolute Gasteiger partial charge is 0.389 e. The van der Waals surface area contributed by atoms with Crippen molar-refractivity contribution in [1.29, 1.82) is 0 Å². The van der Waals surface area contributed by atoms with Gasteiger partial charge in [0.25, 0.3) is 0 Å². The van der Waals surface area contributed by atoms with Gasteiger partial charge in [-0.05, 0) is 25.7 Å². The number of rotatable bonds is 3. The molecule has 0 radical (unpaired) electrons. The Kier molecular flexibility index (Phi) is 3.25. The quantitative estimate of drug-likeness (QED) is 0.777. The summed E-state index contributed by atoms with van der Waals surface area (Å²) in [7, 11) is 0. The van der Waals surface area contributed by atoms with Crippen LogP contribution in [0.15, 0.2) is 12.2 Å². The first kappa shape index (κ1) is 12.9. The van der Waals surface area contributed by atoms with Gasteiger partial charge in [0.1, 0.15) is 0 Å². The second-order valence-electron chi connectivity index (χ2n) is 5.28. The number of aliphatic hydroxyl groups excluding tert-OH is 1. The standard InChI is InChI=1S/C12H18F3NO/c1-9-6-11(8-17)4-2-10(16(11)7-9)3-5-12(13,14)15/h10,17H,1-8H2/t10-,11-/m0/s1. The van der Waals surface area contributed by atoms with Crippen molar-refractivity contribution in [3.8, 4) is 0 Å². The van der Waals surface area contributed by atoms with E-state index in [1.807, 2.05) is 4.90 Å². The third-order valence-electron chi connectivity index (χ3n) is 4.02. The zero-order valence-corrected chi connectivity index (χ0v) is 9.76.